The van der Waals surface area contributed by atoms with Crippen molar-refractivity contribution >= 4 is 11.8 Å². The molecule has 0 spiro atoms. The summed E-state index contributed by atoms with van der Waals surface area (Å²) in [6.45, 7) is 6.98. The van der Waals surface area contributed by atoms with E-state index in [0.29, 0.717) is 42.5 Å². The lowest BCUT2D eigenvalue weighted by molar-refractivity contribution is -0.155. The number of allylic oxidation sites excluding steroid dienone is 2. The van der Waals surface area contributed by atoms with Crippen molar-refractivity contribution in [1.29, 1.82) is 0 Å². The number of unbranched alkanes of at least 4 members (excludes halogenated alkanes) is 2. The summed E-state index contributed by atoms with van der Waals surface area (Å²) < 4.78 is 5.00. The van der Waals surface area contributed by atoms with Crippen LogP contribution in [0.3, 0.4) is 0 Å². The van der Waals surface area contributed by atoms with Gasteiger partial charge in [0.1, 0.15) is 5.78 Å². The number of hydrogen-bond acceptors (Lipinski definition) is 4. The Balaban J connectivity index is 1.37. The number of hydrogen-bond donors (Lipinski definition) is 1. The summed E-state index contributed by atoms with van der Waals surface area (Å²) in [5.74, 6) is 2.42. The SMILES string of the molecule is CCOC(=O)CCCC/C=C1/CC[C@]2(C)C3CC[C@]4(C)C(=O)CCC4C3C[C@H](O)C2C1. The predicted molar refractivity (Wildman–Crippen MR) is 121 cm³/mol. The van der Waals surface area contributed by atoms with Gasteiger partial charge < -0.3 is 9.84 Å². The molecule has 4 unspecified atom stereocenters. The van der Waals surface area contributed by atoms with Gasteiger partial charge >= 0.3 is 5.97 Å². The Labute approximate surface area is 188 Å². The topological polar surface area (TPSA) is 63.6 Å². The van der Waals surface area contributed by atoms with Gasteiger partial charge in [-0.3, -0.25) is 9.59 Å². The number of ether oxygens (including phenoxy) is 1. The molecule has 4 fully saturated rings. The van der Waals surface area contributed by atoms with Crippen molar-refractivity contribution in [2.45, 2.75) is 104 Å². The smallest absolute Gasteiger partial charge is 0.305 e. The minimum Gasteiger partial charge on any atom is -0.466 e. The van der Waals surface area contributed by atoms with E-state index in [1.165, 1.54) is 12.0 Å². The fourth-order valence-corrected chi connectivity index (χ4v) is 8.06. The van der Waals surface area contributed by atoms with Gasteiger partial charge in [-0.15, -0.1) is 0 Å². The van der Waals surface area contributed by atoms with E-state index >= 15 is 0 Å². The van der Waals surface area contributed by atoms with Crippen LogP contribution in [0.2, 0.25) is 0 Å². The fourth-order valence-electron chi connectivity index (χ4n) is 8.06. The standard InChI is InChI=1S/C27H42O4/c1-4-31-25(30)9-7-5-6-8-18-12-14-26(2)21-13-15-27(3)20(10-11-24(27)29)19(21)17-23(28)22(26)16-18/h8,19-23,28H,4-7,9-17H2,1-3H3/b18-8-/t19?,20?,21?,22?,23-,26+,27-/m0/s1. The zero-order valence-electron chi connectivity index (χ0n) is 19.8. The molecular weight excluding hydrogens is 388 g/mol. The molecule has 4 aliphatic rings. The van der Waals surface area contributed by atoms with Crippen LogP contribution in [0.5, 0.6) is 0 Å². The van der Waals surface area contributed by atoms with E-state index in [-0.39, 0.29) is 22.9 Å². The van der Waals surface area contributed by atoms with Crippen LogP contribution >= 0.6 is 0 Å². The molecule has 31 heavy (non-hydrogen) atoms. The predicted octanol–water partition coefficient (Wildman–Crippen LogP) is 5.62. The molecule has 0 saturated heterocycles. The van der Waals surface area contributed by atoms with Gasteiger partial charge in [0, 0.05) is 18.3 Å². The number of Topliss-reactive ketones (excluding diaryl/α,β-unsaturated/α-hetero) is 1. The Kier molecular flexibility index (Phi) is 6.68. The number of carbonyl (C=O) groups is 2. The Morgan fingerprint density at radius 3 is 2.71 bits per heavy atom. The molecule has 0 radical (unpaired) electrons. The maximum absolute atomic E-state index is 12.6. The summed E-state index contributed by atoms with van der Waals surface area (Å²) in [4.78, 5) is 24.1. The third-order valence-corrected chi connectivity index (χ3v) is 9.86. The Hall–Kier alpha value is -1.16. The molecule has 4 aliphatic carbocycles. The second kappa shape index (κ2) is 9.00. The molecule has 4 nitrogen and oxygen atoms in total. The first-order chi connectivity index (χ1) is 14.8. The highest BCUT2D eigenvalue weighted by atomic mass is 16.5. The number of rotatable bonds is 6. The fraction of sp³-hybridized carbons (Fsp3) is 0.852. The number of aliphatic hydroxyl groups excluding tert-OH is 1. The van der Waals surface area contributed by atoms with Gasteiger partial charge in [0.15, 0.2) is 0 Å². The first-order valence-corrected chi connectivity index (χ1v) is 12.8. The molecule has 0 bridgehead atoms. The molecule has 7 atom stereocenters. The molecular formula is C27H42O4. The van der Waals surface area contributed by atoms with E-state index in [1.54, 1.807) is 0 Å². The summed E-state index contributed by atoms with van der Waals surface area (Å²) in [7, 11) is 0. The van der Waals surface area contributed by atoms with E-state index in [0.717, 1.165) is 64.2 Å². The van der Waals surface area contributed by atoms with Gasteiger partial charge in [0.2, 0.25) is 0 Å². The highest BCUT2D eigenvalue weighted by Crippen LogP contribution is 2.65. The molecule has 0 aromatic rings. The molecule has 0 aromatic carbocycles. The highest BCUT2D eigenvalue weighted by Gasteiger charge is 2.61. The lowest BCUT2D eigenvalue weighted by atomic mass is 9.44. The van der Waals surface area contributed by atoms with Crippen molar-refractivity contribution in [2.24, 2.45) is 34.5 Å². The zero-order chi connectivity index (χ0) is 22.2. The average Bonchev–Trinajstić information content (AvgIpc) is 3.04. The second-order valence-electron chi connectivity index (χ2n) is 11.3. The Bertz CT molecular complexity index is 727. The molecule has 0 aliphatic heterocycles. The van der Waals surface area contributed by atoms with Crippen LogP contribution in [0.15, 0.2) is 11.6 Å². The summed E-state index contributed by atoms with van der Waals surface area (Å²) in [5.41, 5.74) is 1.59. The Morgan fingerprint density at radius 2 is 1.94 bits per heavy atom. The van der Waals surface area contributed by atoms with Gasteiger partial charge in [-0.2, -0.15) is 0 Å². The highest BCUT2D eigenvalue weighted by molar-refractivity contribution is 5.87. The maximum atomic E-state index is 12.6. The quantitative estimate of drug-likeness (QED) is 0.337. The van der Waals surface area contributed by atoms with Gasteiger partial charge in [0.05, 0.1) is 12.7 Å². The third-order valence-electron chi connectivity index (χ3n) is 9.86. The summed E-state index contributed by atoms with van der Waals surface area (Å²) >= 11 is 0. The minimum atomic E-state index is -0.239. The summed E-state index contributed by atoms with van der Waals surface area (Å²) in [6.07, 6.45) is 13.8. The van der Waals surface area contributed by atoms with Crippen LogP contribution in [0.25, 0.3) is 0 Å². The second-order valence-corrected chi connectivity index (χ2v) is 11.3. The molecule has 174 valence electrons. The normalized spacial score (nSPS) is 43.3. The number of ketones is 1. The van der Waals surface area contributed by atoms with Gasteiger partial charge in [-0.25, -0.2) is 0 Å². The third kappa shape index (κ3) is 4.14. The van der Waals surface area contributed by atoms with E-state index in [4.69, 9.17) is 4.74 Å². The Morgan fingerprint density at radius 1 is 1.13 bits per heavy atom. The van der Waals surface area contributed by atoms with Crippen LogP contribution in [0, 0.1) is 34.5 Å². The summed E-state index contributed by atoms with van der Waals surface area (Å²) in [6, 6.07) is 0. The van der Waals surface area contributed by atoms with E-state index in [2.05, 4.69) is 19.9 Å². The van der Waals surface area contributed by atoms with E-state index < -0.39 is 0 Å². The number of carbonyl (C=O) groups excluding carboxylic acids is 2. The minimum absolute atomic E-state index is 0.0870. The molecule has 0 aromatic heterocycles. The van der Waals surface area contributed by atoms with Crippen molar-refractivity contribution in [3.63, 3.8) is 0 Å². The summed E-state index contributed by atoms with van der Waals surface area (Å²) in [5, 5.41) is 11.3. The molecule has 4 saturated carbocycles. The van der Waals surface area contributed by atoms with Crippen LogP contribution in [-0.2, 0) is 14.3 Å². The monoisotopic (exact) mass is 430 g/mol. The van der Waals surface area contributed by atoms with Crippen LogP contribution in [0.4, 0.5) is 0 Å². The van der Waals surface area contributed by atoms with E-state index in [1.807, 2.05) is 6.92 Å². The number of esters is 1. The van der Waals surface area contributed by atoms with Crippen molar-refractivity contribution in [3.05, 3.63) is 11.6 Å². The van der Waals surface area contributed by atoms with Crippen molar-refractivity contribution in [2.75, 3.05) is 6.61 Å². The van der Waals surface area contributed by atoms with Crippen molar-refractivity contribution in [1.82, 2.24) is 0 Å². The largest absolute Gasteiger partial charge is 0.466 e. The number of fused-ring (bicyclic) bond motifs is 5. The molecule has 4 heteroatoms. The average molecular weight is 431 g/mol. The first kappa shape index (κ1) is 23.0. The van der Waals surface area contributed by atoms with Gasteiger partial charge in [-0.05, 0) is 100 Å². The van der Waals surface area contributed by atoms with Crippen LogP contribution in [-0.4, -0.2) is 29.6 Å². The molecule has 4 rings (SSSR count). The van der Waals surface area contributed by atoms with Gasteiger partial charge in [0.25, 0.3) is 0 Å². The lowest BCUT2D eigenvalue weighted by Crippen LogP contribution is -2.57. The molecule has 0 heterocycles. The molecule has 0 amide bonds. The maximum Gasteiger partial charge on any atom is 0.305 e. The first-order valence-electron chi connectivity index (χ1n) is 12.8. The number of aliphatic hydroxyl groups is 1. The molecule has 1 N–H and O–H groups in total. The van der Waals surface area contributed by atoms with Gasteiger partial charge in [-0.1, -0.05) is 25.5 Å². The zero-order valence-corrected chi connectivity index (χ0v) is 19.8. The van der Waals surface area contributed by atoms with E-state index in [9.17, 15) is 14.7 Å². The van der Waals surface area contributed by atoms with Crippen LogP contribution < -0.4 is 0 Å². The van der Waals surface area contributed by atoms with Crippen molar-refractivity contribution in [3.8, 4) is 0 Å². The van der Waals surface area contributed by atoms with Crippen molar-refractivity contribution < 1.29 is 19.4 Å². The lowest BCUT2D eigenvalue weighted by Gasteiger charge is -2.61. The van der Waals surface area contributed by atoms with Crippen LogP contribution in [0.1, 0.15) is 97.8 Å².